The maximum atomic E-state index is 12.5. The molecule has 0 spiro atoms. The Kier molecular flexibility index (Phi) is 5.92. The Bertz CT molecular complexity index is 1160. The van der Waals surface area contributed by atoms with E-state index < -0.39 is 11.7 Å². The monoisotopic (exact) mass is 458 g/mol. The van der Waals surface area contributed by atoms with Crippen LogP contribution in [0.5, 0.6) is 5.75 Å². The number of aliphatic hydroxyl groups is 1. The number of nitrogens with one attached hydrogen (secondary N) is 2. The molecule has 0 saturated carbocycles. The fourth-order valence-electron chi connectivity index (χ4n) is 4.71. The summed E-state index contributed by atoms with van der Waals surface area (Å²) in [5.74, 6) is 0.869. The van der Waals surface area contributed by atoms with Gasteiger partial charge in [-0.15, -0.1) is 0 Å². The minimum absolute atomic E-state index is 0.0416. The summed E-state index contributed by atoms with van der Waals surface area (Å²) >= 11 is 0. The van der Waals surface area contributed by atoms with Crippen molar-refractivity contribution in [1.82, 2.24) is 5.32 Å². The number of anilines is 1. The zero-order valence-corrected chi connectivity index (χ0v) is 19.5. The van der Waals surface area contributed by atoms with Gasteiger partial charge in [0.2, 0.25) is 0 Å². The highest BCUT2D eigenvalue weighted by molar-refractivity contribution is 5.79. The van der Waals surface area contributed by atoms with Gasteiger partial charge in [0, 0.05) is 24.6 Å². The molecule has 3 aromatic rings. The van der Waals surface area contributed by atoms with E-state index in [9.17, 15) is 9.90 Å². The quantitative estimate of drug-likeness (QED) is 0.478. The van der Waals surface area contributed by atoms with Crippen molar-refractivity contribution in [3.63, 3.8) is 0 Å². The van der Waals surface area contributed by atoms with E-state index in [-0.39, 0.29) is 12.0 Å². The SMILES string of the molecule is CC(C)(O)CNc1ccc2c(c1)CC(CNC(=O)OCC1c3ccccc3-c3ccccc31)O2. The van der Waals surface area contributed by atoms with Gasteiger partial charge in [0.1, 0.15) is 18.5 Å². The molecule has 176 valence electrons. The molecule has 0 fully saturated rings. The van der Waals surface area contributed by atoms with Crippen LogP contribution in [0.25, 0.3) is 11.1 Å². The van der Waals surface area contributed by atoms with Crippen molar-refractivity contribution in [3.8, 4) is 16.9 Å². The third-order valence-electron chi connectivity index (χ3n) is 6.34. The molecule has 1 amide bonds. The first-order chi connectivity index (χ1) is 16.4. The summed E-state index contributed by atoms with van der Waals surface area (Å²) in [5.41, 5.74) is 6.04. The van der Waals surface area contributed by atoms with Gasteiger partial charge in [-0.1, -0.05) is 48.5 Å². The zero-order valence-electron chi connectivity index (χ0n) is 19.5. The van der Waals surface area contributed by atoms with E-state index >= 15 is 0 Å². The second-order valence-corrected chi connectivity index (χ2v) is 9.64. The standard InChI is InChI=1S/C28H30N2O4/c1-28(2,32)17-30-19-11-12-26-18(13-19)14-20(34-26)15-29-27(31)33-16-25-23-9-5-3-7-21(23)22-8-4-6-10-24(22)25/h3-13,20,25,30,32H,14-17H2,1-2H3,(H,29,31). The molecule has 0 radical (unpaired) electrons. The molecule has 1 atom stereocenters. The first-order valence-electron chi connectivity index (χ1n) is 11.7. The lowest BCUT2D eigenvalue weighted by Crippen LogP contribution is -2.35. The molecule has 0 bridgehead atoms. The maximum Gasteiger partial charge on any atom is 0.407 e. The number of carbonyl (C=O) groups is 1. The fraction of sp³-hybridized carbons (Fsp3) is 0.321. The molecular weight excluding hydrogens is 428 g/mol. The van der Waals surface area contributed by atoms with Crippen molar-refractivity contribution in [2.24, 2.45) is 0 Å². The molecule has 0 saturated heterocycles. The lowest BCUT2D eigenvalue weighted by molar-refractivity contribution is 0.0945. The summed E-state index contributed by atoms with van der Waals surface area (Å²) in [4.78, 5) is 12.5. The summed E-state index contributed by atoms with van der Waals surface area (Å²) in [6.07, 6.45) is 0.130. The van der Waals surface area contributed by atoms with Gasteiger partial charge in [0.05, 0.1) is 12.1 Å². The lowest BCUT2D eigenvalue weighted by Gasteiger charge is -2.18. The second kappa shape index (κ2) is 9.03. The third kappa shape index (κ3) is 4.73. The van der Waals surface area contributed by atoms with E-state index in [1.54, 1.807) is 13.8 Å². The molecule has 1 aliphatic heterocycles. The zero-order chi connectivity index (χ0) is 23.7. The number of hydrogen-bond donors (Lipinski definition) is 3. The topological polar surface area (TPSA) is 79.8 Å². The number of benzene rings is 3. The van der Waals surface area contributed by atoms with E-state index in [4.69, 9.17) is 9.47 Å². The predicted octanol–water partition coefficient (Wildman–Crippen LogP) is 4.71. The van der Waals surface area contributed by atoms with Gasteiger partial charge in [-0.05, 0) is 59.9 Å². The fourth-order valence-corrected chi connectivity index (χ4v) is 4.71. The Hall–Kier alpha value is -3.51. The Morgan fingerprint density at radius 2 is 1.74 bits per heavy atom. The number of alkyl carbamates (subject to hydrolysis) is 1. The van der Waals surface area contributed by atoms with Crippen LogP contribution in [0, 0.1) is 0 Å². The molecule has 5 rings (SSSR count). The van der Waals surface area contributed by atoms with E-state index in [0.29, 0.717) is 26.1 Å². The van der Waals surface area contributed by atoms with E-state index in [2.05, 4.69) is 34.9 Å². The first kappa shape index (κ1) is 22.3. The van der Waals surface area contributed by atoms with Crippen LogP contribution in [0.4, 0.5) is 10.5 Å². The number of hydrogen-bond acceptors (Lipinski definition) is 5. The van der Waals surface area contributed by atoms with Gasteiger partial charge in [0.25, 0.3) is 0 Å². The second-order valence-electron chi connectivity index (χ2n) is 9.64. The number of ether oxygens (including phenoxy) is 2. The van der Waals surface area contributed by atoms with Gasteiger partial charge >= 0.3 is 6.09 Å². The summed E-state index contributed by atoms with van der Waals surface area (Å²) in [7, 11) is 0. The minimum atomic E-state index is -0.787. The van der Waals surface area contributed by atoms with Crippen LogP contribution in [-0.2, 0) is 11.2 Å². The largest absolute Gasteiger partial charge is 0.488 e. The minimum Gasteiger partial charge on any atom is -0.488 e. The van der Waals surface area contributed by atoms with Crippen LogP contribution >= 0.6 is 0 Å². The van der Waals surface area contributed by atoms with Crippen LogP contribution in [0.2, 0.25) is 0 Å². The molecule has 1 aliphatic carbocycles. The summed E-state index contributed by atoms with van der Waals surface area (Å²) in [6, 6.07) is 22.5. The summed E-state index contributed by atoms with van der Waals surface area (Å²) < 4.78 is 11.6. The van der Waals surface area contributed by atoms with Crippen LogP contribution in [-0.4, -0.2) is 42.6 Å². The van der Waals surface area contributed by atoms with E-state index in [1.807, 2.05) is 42.5 Å². The van der Waals surface area contributed by atoms with Gasteiger partial charge in [-0.3, -0.25) is 0 Å². The van der Waals surface area contributed by atoms with Crippen LogP contribution in [0.15, 0.2) is 66.7 Å². The number of fused-ring (bicyclic) bond motifs is 4. The van der Waals surface area contributed by atoms with Crippen molar-refractivity contribution >= 4 is 11.8 Å². The van der Waals surface area contributed by atoms with Crippen molar-refractivity contribution in [3.05, 3.63) is 83.4 Å². The third-order valence-corrected chi connectivity index (χ3v) is 6.34. The highest BCUT2D eigenvalue weighted by atomic mass is 16.5. The molecule has 6 nitrogen and oxygen atoms in total. The van der Waals surface area contributed by atoms with Crippen molar-refractivity contribution in [2.75, 3.05) is 25.0 Å². The van der Waals surface area contributed by atoms with E-state index in [1.165, 1.54) is 22.3 Å². The highest BCUT2D eigenvalue weighted by Crippen LogP contribution is 2.44. The first-order valence-corrected chi connectivity index (χ1v) is 11.7. The van der Waals surface area contributed by atoms with E-state index in [0.717, 1.165) is 17.0 Å². The molecular formula is C28H30N2O4. The predicted molar refractivity (Wildman–Crippen MR) is 132 cm³/mol. The lowest BCUT2D eigenvalue weighted by atomic mass is 9.98. The molecule has 1 heterocycles. The van der Waals surface area contributed by atoms with Gasteiger partial charge in [-0.25, -0.2) is 4.79 Å². The molecule has 2 aliphatic rings. The van der Waals surface area contributed by atoms with Gasteiger partial charge in [-0.2, -0.15) is 0 Å². The van der Waals surface area contributed by atoms with Crippen LogP contribution in [0.1, 0.15) is 36.5 Å². The normalized spacial score (nSPS) is 16.3. The smallest absolute Gasteiger partial charge is 0.407 e. The Morgan fingerprint density at radius 1 is 1.06 bits per heavy atom. The molecule has 0 aromatic heterocycles. The van der Waals surface area contributed by atoms with Crippen LogP contribution in [0.3, 0.4) is 0 Å². The average molecular weight is 459 g/mol. The number of rotatable bonds is 7. The molecule has 3 N–H and O–H groups in total. The molecule has 34 heavy (non-hydrogen) atoms. The van der Waals surface area contributed by atoms with Crippen LogP contribution < -0.4 is 15.4 Å². The average Bonchev–Trinajstić information content (AvgIpc) is 3.38. The maximum absolute atomic E-state index is 12.5. The number of carbonyl (C=O) groups excluding carboxylic acids is 1. The Balaban J connectivity index is 1.13. The molecule has 1 unspecified atom stereocenters. The van der Waals surface area contributed by atoms with Crippen molar-refractivity contribution in [1.29, 1.82) is 0 Å². The Labute approximate surface area is 199 Å². The summed E-state index contributed by atoms with van der Waals surface area (Å²) in [6.45, 7) is 4.65. The summed E-state index contributed by atoms with van der Waals surface area (Å²) in [5, 5.41) is 16.0. The molecule has 3 aromatic carbocycles. The van der Waals surface area contributed by atoms with Crippen molar-refractivity contribution < 1.29 is 19.4 Å². The highest BCUT2D eigenvalue weighted by Gasteiger charge is 2.29. The van der Waals surface area contributed by atoms with Gasteiger partial charge in [0.15, 0.2) is 0 Å². The number of amides is 1. The van der Waals surface area contributed by atoms with Crippen molar-refractivity contribution in [2.45, 2.75) is 37.9 Å². The Morgan fingerprint density at radius 3 is 2.41 bits per heavy atom. The molecule has 6 heteroatoms. The van der Waals surface area contributed by atoms with Gasteiger partial charge < -0.3 is 25.2 Å².